The summed E-state index contributed by atoms with van der Waals surface area (Å²) in [6.45, 7) is 2.89. The molecule has 0 aromatic heterocycles. The molecule has 0 bridgehead atoms. The summed E-state index contributed by atoms with van der Waals surface area (Å²) in [6.07, 6.45) is 1.05. The molecule has 1 saturated heterocycles. The Labute approximate surface area is 118 Å². The first kappa shape index (κ1) is 14.4. The second kappa shape index (κ2) is 6.41. The van der Waals surface area contributed by atoms with Gasteiger partial charge in [-0.05, 0) is 25.3 Å². The number of amides is 2. The van der Waals surface area contributed by atoms with Gasteiger partial charge in [-0.1, -0.05) is 30.3 Å². The molecule has 1 heterocycles. The number of hydrogen-bond acceptors (Lipinski definition) is 2. The van der Waals surface area contributed by atoms with Crippen LogP contribution in [0.3, 0.4) is 0 Å². The highest BCUT2D eigenvalue weighted by Gasteiger charge is 2.31. The fourth-order valence-corrected chi connectivity index (χ4v) is 2.57. The van der Waals surface area contributed by atoms with Gasteiger partial charge in [0.25, 0.3) is 0 Å². The van der Waals surface area contributed by atoms with E-state index in [-0.39, 0.29) is 18.0 Å². The second-order valence-electron chi connectivity index (χ2n) is 5.25. The number of carboxylic acid groups (broad SMARTS) is 1. The van der Waals surface area contributed by atoms with E-state index in [0.29, 0.717) is 25.9 Å². The molecule has 1 aliphatic heterocycles. The number of aliphatic carboxylic acids is 1. The van der Waals surface area contributed by atoms with Crippen LogP contribution in [0.2, 0.25) is 0 Å². The van der Waals surface area contributed by atoms with Gasteiger partial charge in [0.2, 0.25) is 0 Å². The monoisotopic (exact) mass is 276 g/mol. The smallest absolute Gasteiger partial charge is 0.317 e. The van der Waals surface area contributed by atoms with Crippen molar-refractivity contribution >= 4 is 12.0 Å². The molecule has 1 aromatic rings. The van der Waals surface area contributed by atoms with Gasteiger partial charge in [-0.3, -0.25) is 4.79 Å². The van der Waals surface area contributed by atoms with Crippen molar-refractivity contribution in [2.45, 2.75) is 32.4 Å². The first-order valence-corrected chi connectivity index (χ1v) is 6.89. The Kier molecular flexibility index (Phi) is 4.61. The summed E-state index contributed by atoms with van der Waals surface area (Å²) in [6, 6.07) is 9.56. The summed E-state index contributed by atoms with van der Waals surface area (Å²) in [7, 11) is 0. The lowest BCUT2D eigenvalue weighted by atomic mass is 9.92. The molecule has 0 spiro atoms. The van der Waals surface area contributed by atoms with E-state index < -0.39 is 5.97 Å². The van der Waals surface area contributed by atoms with E-state index in [0.717, 1.165) is 5.56 Å². The molecule has 2 amide bonds. The maximum Gasteiger partial charge on any atom is 0.317 e. The van der Waals surface area contributed by atoms with Crippen LogP contribution in [0.25, 0.3) is 0 Å². The van der Waals surface area contributed by atoms with Crippen LogP contribution < -0.4 is 5.32 Å². The third-order valence-corrected chi connectivity index (χ3v) is 3.77. The summed E-state index contributed by atoms with van der Waals surface area (Å²) >= 11 is 0. The fourth-order valence-electron chi connectivity index (χ4n) is 2.57. The maximum atomic E-state index is 12.1. The van der Waals surface area contributed by atoms with Crippen LogP contribution in [0, 0.1) is 5.92 Å². The van der Waals surface area contributed by atoms with Crippen LogP contribution >= 0.6 is 0 Å². The molecular formula is C15H20N2O3. The number of nitrogens with one attached hydrogen (secondary N) is 1. The Morgan fingerprint density at radius 2 is 2.05 bits per heavy atom. The van der Waals surface area contributed by atoms with E-state index in [1.54, 1.807) is 4.90 Å². The Morgan fingerprint density at radius 1 is 1.35 bits per heavy atom. The lowest BCUT2D eigenvalue weighted by Gasteiger charge is -2.36. The van der Waals surface area contributed by atoms with E-state index in [4.69, 9.17) is 5.11 Å². The Hall–Kier alpha value is -2.04. The minimum atomic E-state index is -0.763. The quantitative estimate of drug-likeness (QED) is 0.888. The highest BCUT2D eigenvalue weighted by Crippen LogP contribution is 2.22. The number of benzene rings is 1. The molecule has 0 saturated carbocycles. The summed E-state index contributed by atoms with van der Waals surface area (Å²) in [5, 5.41) is 11.9. The first-order valence-electron chi connectivity index (χ1n) is 6.89. The average Bonchev–Trinajstić information content (AvgIpc) is 2.45. The molecule has 1 fully saturated rings. The zero-order valence-corrected chi connectivity index (χ0v) is 11.6. The Morgan fingerprint density at radius 3 is 2.65 bits per heavy atom. The molecule has 1 aromatic carbocycles. The lowest BCUT2D eigenvalue weighted by molar-refractivity contribution is -0.143. The van der Waals surface area contributed by atoms with E-state index in [1.807, 2.05) is 37.3 Å². The number of urea groups is 1. The molecule has 0 aliphatic carbocycles. The van der Waals surface area contributed by atoms with E-state index in [9.17, 15) is 9.59 Å². The second-order valence-corrected chi connectivity index (χ2v) is 5.25. The van der Waals surface area contributed by atoms with Crippen LogP contribution in [0.4, 0.5) is 4.79 Å². The van der Waals surface area contributed by atoms with Crippen LogP contribution in [0.1, 0.15) is 25.3 Å². The Bertz CT molecular complexity index is 475. The molecule has 5 heteroatoms. The molecule has 2 atom stereocenters. The molecule has 2 rings (SSSR count). The zero-order valence-electron chi connectivity index (χ0n) is 11.6. The SMILES string of the molecule is CC1CC(C(=O)O)CCN1C(=O)NCc1ccccc1. The molecule has 1 aliphatic rings. The summed E-state index contributed by atoms with van der Waals surface area (Å²) in [5.41, 5.74) is 1.05. The molecule has 20 heavy (non-hydrogen) atoms. The highest BCUT2D eigenvalue weighted by atomic mass is 16.4. The zero-order chi connectivity index (χ0) is 14.5. The number of carboxylic acids is 1. The number of piperidine rings is 1. The van der Waals surface area contributed by atoms with Gasteiger partial charge in [0.1, 0.15) is 0 Å². The van der Waals surface area contributed by atoms with Crippen molar-refractivity contribution in [2.75, 3.05) is 6.54 Å². The summed E-state index contributed by atoms with van der Waals surface area (Å²) < 4.78 is 0. The number of carbonyl (C=O) groups excluding carboxylic acids is 1. The molecule has 2 N–H and O–H groups in total. The number of rotatable bonds is 3. The molecule has 2 unspecified atom stereocenters. The molecule has 0 radical (unpaired) electrons. The van der Waals surface area contributed by atoms with Crippen molar-refractivity contribution in [3.8, 4) is 0 Å². The van der Waals surface area contributed by atoms with Crippen molar-refractivity contribution in [2.24, 2.45) is 5.92 Å². The van der Waals surface area contributed by atoms with Crippen LogP contribution in [0.15, 0.2) is 30.3 Å². The largest absolute Gasteiger partial charge is 0.481 e. The van der Waals surface area contributed by atoms with Crippen molar-refractivity contribution in [1.29, 1.82) is 0 Å². The highest BCUT2D eigenvalue weighted by molar-refractivity contribution is 5.75. The van der Waals surface area contributed by atoms with Gasteiger partial charge in [0.05, 0.1) is 5.92 Å². The van der Waals surface area contributed by atoms with Gasteiger partial charge in [-0.2, -0.15) is 0 Å². The van der Waals surface area contributed by atoms with Gasteiger partial charge in [-0.15, -0.1) is 0 Å². The lowest BCUT2D eigenvalue weighted by Crippen LogP contribution is -2.49. The number of nitrogens with zero attached hydrogens (tertiary/aromatic N) is 1. The summed E-state index contributed by atoms with van der Waals surface area (Å²) in [5.74, 6) is -1.09. The van der Waals surface area contributed by atoms with Crippen molar-refractivity contribution in [3.63, 3.8) is 0 Å². The maximum absolute atomic E-state index is 12.1. The molecule has 108 valence electrons. The van der Waals surface area contributed by atoms with E-state index in [2.05, 4.69) is 5.32 Å². The number of likely N-dealkylation sites (tertiary alicyclic amines) is 1. The van der Waals surface area contributed by atoms with Crippen LogP contribution in [0.5, 0.6) is 0 Å². The summed E-state index contributed by atoms with van der Waals surface area (Å²) in [4.78, 5) is 24.8. The van der Waals surface area contributed by atoms with Crippen molar-refractivity contribution < 1.29 is 14.7 Å². The number of carbonyl (C=O) groups is 2. The molecule has 5 nitrogen and oxygen atoms in total. The predicted molar refractivity (Wildman–Crippen MR) is 75.2 cm³/mol. The van der Waals surface area contributed by atoms with Crippen molar-refractivity contribution in [3.05, 3.63) is 35.9 Å². The molecular weight excluding hydrogens is 256 g/mol. The Balaban J connectivity index is 1.85. The van der Waals surface area contributed by atoms with Gasteiger partial charge in [-0.25, -0.2) is 4.79 Å². The van der Waals surface area contributed by atoms with Crippen LogP contribution in [-0.2, 0) is 11.3 Å². The minimum absolute atomic E-state index is 0.0411. The van der Waals surface area contributed by atoms with Gasteiger partial charge in [0, 0.05) is 19.1 Å². The third kappa shape index (κ3) is 3.50. The minimum Gasteiger partial charge on any atom is -0.481 e. The normalized spacial score (nSPS) is 22.4. The van der Waals surface area contributed by atoms with E-state index >= 15 is 0 Å². The average molecular weight is 276 g/mol. The standard InChI is InChI=1S/C15H20N2O3/c1-11-9-13(14(18)19)7-8-17(11)15(20)16-10-12-5-3-2-4-6-12/h2-6,11,13H,7-10H2,1H3,(H,16,20)(H,18,19). The number of hydrogen-bond donors (Lipinski definition) is 2. The first-order chi connectivity index (χ1) is 9.58. The third-order valence-electron chi connectivity index (χ3n) is 3.77. The predicted octanol–water partition coefficient (Wildman–Crippen LogP) is 2.08. The van der Waals surface area contributed by atoms with Gasteiger partial charge < -0.3 is 15.3 Å². The van der Waals surface area contributed by atoms with E-state index in [1.165, 1.54) is 0 Å². The van der Waals surface area contributed by atoms with Crippen LogP contribution in [-0.4, -0.2) is 34.6 Å². The van der Waals surface area contributed by atoms with Crippen molar-refractivity contribution in [1.82, 2.24) is 10.2 Å². The van der Waals surface area contributed by atoms with Gasteiger partial charge in [0.15, 0.2) is 0 Å². The fraction of sp³-hybridized carbons (Fsp3) is 0.467. The topological polar surface area (TPSA) is 69.6 Å². The van der Waals surface area contributed by atoms with Gasteiger partial charge >= 0.3 is 12.0 Å².